The molecule has 0 radical (unpaired) electrons. The second-order valence-corrected chi connectivity index (χ2v) is 6.36. The van der Waals surface area contributed by atoms with Crippen molar-refractivity contribution >= 4 is 16.1 Å². The molecule has 1 aliphatic carbocycles. The van der Waals surface area contributed by atoms with Crippen molar-refractivity contribution in [1.29, 1.82) is 0 Å². The van der Waals surface area contributed by atoms with Crippen LogP contribution in [0.4, 0.5) is 0 Å². The van der Waals surface area contributed by atoms with Gasteiger partial charge in [-0.2, -0.15) is 8.42 Å². The summed E-state index contributed by atoms with van der Waals surface area (Å²) in [5.74, 6) is -1.89. The average molecular weight is 294 g/mol. The number of hydrogen-bond acceptors (Lipinski definition) is 6. The lowest BCUT2D eigenvalue weighted by atomic mass is 9.95. The summed E-state index contributed by atoms with van der Waals surface area (Å²) in [7, 11) is -4.31. The minimum Gasteiger partial charge on any atom is -0.462 e. The zero-order valence-electron chi connectivity index (χ0n) is 10.5. The van der Waals surface area contributed by atoms with Gasteiger partial charge in [0.05, 0.1) is 19.3 Å². The molecule has 2 fully saturated rings. The summed E-state index contributed by atoms with van der Waals surface area (Å²) in [5.41, 5.74) is 0. The van der Waals surface area contributed by atoms with Crippen LogP contribution in [-0.4, -0.2) is 56.2 Å². The van der Waals surface area contributed by atoms with Crippen molar-refractivity contribution in [2.45, 2.75) is 44.0 Å². The topological polar surface area (TPSA) is 102 Å². The first-order chi connectivity index (χ1) is 8.92. The molecule has 0 amide bonds. The Morgan fingerprint density at radius 3 is 2.32 bits per heavy atom. The van der Waals surface area contributed by atoms with E-state index in [4.69, 9.17) is 18.8 Å². The molecular formula is C11H18O7S. The van der Waals surface area contributed by atoms with Crippen molar-refractivity contribution < 1.29 is 32.0 Å². The third-order valence-electron chi connectivity index (χ3n) is 3.14. The van der Waals surface area contributed by atoms with E-state index in [2.05, 4.69) is 0 Å². The van der Waals surface area contributed by atoms with Gasteiger partial charge in [0.1, 0.15) is 12.2 Å². The minimum atomic E-state index is -4.31. The maximum absolute atomic E-state index is 11.2. The molecule has 1 N–H and O–H groups in total. The van der Waals surface area contributed by atoms with E-state index in [-0.39, 0.29) is 18.3 Å². The Balaban J connectivity index is 1.63. The summed E-state index contributed by atoms with van der Waals surface area (Å²) in [4.78, 5) is 11.2. The molecular weight excluding hydrogens is 276 g/mol. The lowest BCUT2D eigenvalue weighted by molar-refractivity contribution is -0.148. The van der Waals surface area contributed by atoms with Gasteiger partial charge >= 0.3 is 5.97 Å². The van der Waals surface area contributed by atoms with Crippen LogP contribution in [0.25, 0.3) is 0 Å². The van der Waals surface area contributed by atoms with E-state index in [0.29, 0.717) is 19.4 Å². The van der Waals surface area contributed by atoms with Crippen molar-refractivity contribution in [2.75, 3.05) is 19.0 Å². The van der Waals surface area contributed by atoms with Crippen LogP contribution in [0.5, 0.6) is 0 Å². The van der Waals surface area contributed by atoms with Crippen molar-refractivity contribution in [3.8, 4) is 0 Å². The molecule has 0 spiro atoms. The van der Waals surface area contributed by atoms with Gasteiger partial charge in [0.2, 0.25) is 0 Å². The quantitative estimate of drug-likeness (QED) is 0.422. The molecule has 1 aliphatic heterocycles. The molecule has 0 aromatic heterocycles. The van der Waals surface area contributed by atoms with E-state index in [9.17, 15) is 13.2 Å². The van der Waals surface area contributed by atoms with Crippen molar-refractivity contribution in [2.24, 2.45) is 0 Å². The van der Waals surface area contributed by atoms with E-state index in [1.165, 1.54) is 0 Å². The number of ether oxygens (including phenoxy) is 3. The summed E-state index contributed by atoms with van der Waals surface area (Å²) < 4.78 is 45.2. The first-order valence-corrected chi connectivity index (χ1v) is 7.91. The molecule has 19 heavy (non-hydrogen) atoms. The molecule has 0 aromatic rings. The largest absolute Gasteiger partial charge is 0.462 e. The number of hydrogen-bond donors (Lipinski definition) is 1. The molecule has 1 saturated carbocycles. The van der Waals surface area contributed by atoms with Gasteiger partial charge in [-0.25, -0.2) is 0 Å². The van der Waals surface area contributed by atoms with Crippen LogP contribution in [0.15, 0.2) is 0 Å². The molecule has 7 nitrogen and oxygen atoms in total. The molecule has 8 heteroatoms. The summed E-state index contributed by atoms with van der Waals surface area (Å²) in [6, 6.07) is 0. The van der Waals surface area contributed by atoms with Crippen molar-refractivity contribution in [3.63, 3.8) is 0 Å². The summed E-state index contributed by atoms with van der Waals surface area (Å²) in [6.07, 6.45) is 2.95. The van der Waals surface area contributed by atoms with Crippen LogP contribution in [0.3, 0.4) is 0 Å². The van der Waals surface area contributed by atoms with E-state index in [1.54, 1.807) is 0 Å². The van der Waals surface area contributed by atoms with Crippen LogP contribution < -0.4 is 0 Å². The highest BCUT2D eigenvalue weighted by molar-refractivity contribution is 7.86. The van der Waals surface area contributed by atoms with E-state index >= 15 is 0 Å². The Morgan fingerprint density at radius 2 is 1.79 bits per heavy atom. The Kier molecular flexibility index (Phi) is 4.77. The molecule has 2 rings (SSSR count). The number of carbonyl (C=O) groups is 1. The number of esters is 1. The maximum Gasteiger partial charge on any atom is 0.323 e. The third kappa shape index (κ3) is 5.85. The second-order valence-electron chi connectivity index (χ2n) is 4.90. The zero-order valence-corrected chi connectivity index (χ0v) is 11.3. The molecule has 0 aromatic carbocycles. The molecule has 1 heterocycles. The molecule has 2 aliphatic rings. The van der Waals surface area contributed by atoms with Crippen LogP contribution >= 0.6 is 0 Å². The predicted octanol–water partition coefficient (Wildman–Crippen LogP) is 0.144. The number of carbonyl (C=O) groups excluding carboxylic acids is 1. The molecule has 1 unspecified atom stereocenters. The first kappa shape index (κ1) is 14.7. The van der Waals surface area contributed by atoms with Gasteiger partial charge in [-0.05, 0) is 25.7 Å². The SMILES string of the molecule is O=C(CS(=O)(=O)O)OC1CCC(OCC2CO2)CC1. The normalized spacial score (nSPS) is 30.9. The van der Waals surface area contributed by atoms with Crippen LogP contribution in [0.1, 0.15) is 25.7 Å². The van der Waals surface area contributed by atoms with Crippen molar-refractivity contribution in [3.05, 3.63) is 0 Å². The third-order valence-corrected chi connectivity index (χ3v) is 3.74. The van der Waals surface area contributed by atoms with Crippen LogP contribution in [0.2, 0.25) is 0 Å². The minimum absolute atomic E-state index is 0.153. The average Bonchev–Trinajstić information content (AvgIpc) is 3.09. The Bertz CT molecular complexity index is 407. The van der Waals surface area contributed by atoms with Gasteiger partial charge in [0.25, 0.3) is 10.1 Å². The standard InChI is InChI=1S/C11H18O7S/c12-11(7-19(13,14)15)18-9-3-1-8(2-4-9)16-5-10-6-17-10/h8-10H,1-7H2,(H,13,14,15). The maximum atomic E-state index is 11.2. The lowest BCUT2D eigenvalue weighted by Crippen LogP contribution is -2.30. The van der Waals surface area contributed by atoms with Crippen molar-refractivity contribution in [1.82, 2.24) is 0 Å². The van der Waals surface area contributed by atoms with Crippen LogP contribution in [0, 0.1) is 0 Å². The lowest BCUT2D eigenvalue weighted by Gasteiger charge is -2.28. The molecule has 1 atom stereocenters. The summed E-state index contributed by atoms with van der Waals surface area (Å²) in [5, 5.41) is 0. The Labute approximate surface area is 112 Å². The smallest absolute Gasteiger partial charge is 0.323 e. The van der Waals surface area contributed by atoms with E-state index in [0.717, 1.165) is 19.4 Å². The Morgan fingerprint density at radius 1 is 1.21 bits per heavy atom. The van der Waals surface area contributed by atoms with Gasteiger partial charge in [-0.3, -0.25) is 9.35 Å². The predicted molar refractivity (Wildman–Crippen MR) is 64.2 cm³/mol. The fourth-order valence-electron chi connectivity index (χ4n) is 2.09. The second kappa shape index (κ2) is 6.17. The summed E-state index contributed by atoms with van der Waals surface area (Å²) >= 11 is 0. The fraction of sp³-hybridized carbons (Fsp3) is 0.909. The van der Waals surface area contributed by atoms with Gasteiger partial charge in [-0.15, -0.1) is 0 Å². The highest BCUT2D eigenvalue weighted by Crippen LogP contribution is 2.24. The van der Waals surface area contributed by atoms with Gasteiger partial charge in [-0.1, -0.05) is 0 Å². The molecule has 1 saturated heterocycles. The summed E-state index contributed by atoms with van der Waals surface area (Å²) in [6.45, 7) is 1.38. The van der Waals surface area contributed by atoms with E-state index in [1.807, 2.05) is 0 Å². The van der Waals surface area contributed by atoms with Gasteiger partial charge in [0.15, 0.2) is 5.75 Å². The number of rotatable bonds is 6. The first-order valence-electron chi connectivity index (χ1n) is 6.30. The van der Waals surface area contributed by atoms with Gasteiger partial charge < -0.3 is 14.2 Å². The zero-order chi connectivity index (χ0) is 13.9. The van der Waals surface area contributed by atoms with E-state index < -0.39 is 21.8 Å². The van der Waals surface area contributed by atoms with Gasteiger partial charge in [0, 0.05) is 0 Å². The Hall–Kier alpha value is -0.700. The highest BCUT2D eigenvalue weighted by atomic mass is 32.2. The fourth-order valence-corrected chi connectivity index (χ4v) is 2.46. The van der Waals surface area contributed by atoms with Crippen LogP contribution in [-0.2, 0) is 29.1 Å². The molecule has 0 bridgehead atoms. The molecule has 110 valence electrons. The highest BCUT2D eigenvalue weighted by Gasteiger charge is 2.28. The number of epoxide rings is 1. The monoisotopic (exact) mass is 294 g/mol.